The van der Waals surface area contributed by atoms with Gasteiger partial charge < -0.3 is 14.6 Å². The molecule has 4 nitrogen and oxygen atoms in total. The predicted molar refractivity (Wildman–Crippen MR) is 99.6 cm³/mol. The number of piperidine rings is 1. The van der Waals surface area contributed by atoms with Gasteiger partial charge in [-0.15, -0.1) is 0 Å². The predicted octanol–water partition coefficient (Wildman–Crippen LogP) is 3.45. The van der Waals surface area contributed by atoms with Crippen LogP contribution >= 0.6 is 0 Å². The molecule has 2 aromatic rings. The fourth-order valence-electron chi connectivity index (χ4n) is 3.39. The van der Waals surface area contributed by atoms with Crippen LogP contribution in [0.5, 0.6) is 0 Å². The van der Waals surface area contributed by atoms with Crippen LogP contribution in [0, 0.1) is 6.92 Å². The van der Waals surface area contributed by atoms with Gasteiger partial charge in [0, 0.05) is 31.4 Å². The minimum absolute atomic E-state index is 0.287. The van der Waals surface area contributed by atoms with Crippen molar-refractivity contribution in [3.8, 4) is 0 Å². The summed E-state index contributed by atoms with van der Waals surface area (Å²) in [6.07, 6.45) is 4.13. The summed E-state index contributed by atoms with van der Waals surface area (Å²) in [5.74, 6) is 1.03. The first-order valence-electron chi connectivity index (χ1n) is 8.88. The number of likely N-dealkylation sites (N-methyl/N-ethyl adjacent to an activating group) is 1. The van der Waals surface area contributed by atoms with Crippen molar-refractivity contribution in [1.82, 2.24) is 10.2 Å². The average Bonchev–Trinajstić information content (AvgIpc) is 3.10. The molecule has 1 aromatic heterocycles. The van der Waals surface area contributed by atoms with Gasteiger partial charge in [0.1, 0.15) is 5.76 Å². The topological polar surface area (TPSA) is 31.6 Å². The first-order chi connectivity index (χ1) is 11.6. The molecule has 4 heteroatoms. The third-order valence-electron chi connectivity index (χ3n) is 4.99. The summed E-state index contributed by atoms with van der Waals surface area (Å²) in [5.41, 5.74) is 2.67. The highest BCUT2D eigenvalue weighted by Gasteiger charge is 2.22. The lowest BCUT2D eigenvalue weighted by molar-refractivity contribution is 0.238. The third kappa shape index (κ3) is 4.19. The molecule has 1 saturated heterocycles. The molecule has 130 valence electrons. The van der Waals surface area contributed by atoms with Crippen LogP contribution in [0.3, 0.4) is 0 Å². The maximum absolute atomic E-state index is 5.59. The summed E-state index contributed by atoms with van der Waals surface area (Å²) in [6.45, 7) is 5.30. The average molecular weight is 327 g/mol. The molecule has 1 atom stereocenters. The molecule has 0 spiro atoms. The van der Waals surface area contributed by atoms with Crippen molar-refractivity contribution in [1.29, 1.82) is 0 Å². The Bertz CT molecular complexity index is 598. The van der Waals surface area contributed by atoms with E-state index in [4.69, 9.17) is 4.42 Å². The highest BCUT2D eigenvalue weighted by molar-refractivity contribution is 5.47. The number of nitrogens with one attached hydrogen (secondary N) is 1. The zero-order chi connectivity index (χ0) is 16.9. The van der Waals surface area contributed by atoms with Gasteiger partial charge in [0.25, 0.3) is 0 Å². The number of hydrogen-bond donors (Lipinski definition) is 1. The van der Waals surface area contributed by atoms with Crippen LogP contribution in [0.1, 0.15) is 30.2 Å². The molecule has 1 aliphatic rings. The van der Waals surface area contributed by atoms with Crippen molar-refractivity contribution >= 4 is 5.69 Å². The van der Waals surface area contributed by atoms with Gasteiger partial charge in [-0.25, -0.2) is 0 Å². The van der Waals surface area contributed by atoms with Crippen molar-refractivity contribution < 1.29 is 4.42 Å². The minimum Gasteiger partial charge on any atom is -0.468 e. The molecule has 1 aliphatic heterocycles. The fourth-order valence-corrected chi connectivity index (χ4v) is 3.39. The van der Waals surface area contributed by atoms with Gasteiger partial charge in [-0.05, 0) is 58.1 Å². The van der Waals surface area contributed by atoms with Gasteiger partial charge in [-0.1, -0.05) is 17.7 Å². The number of benzene rings is 1. The van der Waals surface area contributed by atoms with Crippen LogP contribution in [0.4, 0.5) is 5.69 Å². The Morgan fingerprint density at radius 2 is 1.88 bits per heavy atom. The first-order valence-corrected chi connectivity index (χ1v) is 8.88. The molecule has 0 amide bonds. The van der Waals surface area contributed by atoms with Crippen LogP contribution in [-0.2, 0) is 0 Å². The second-order valence-corrected chi connectivity index (χ2v) is 7.00. The second kappa shape index (κ2) is 7.86. The van der Waals surface area contributed by atoms with Gasteiger partial charge in [-0.2, -0.15) is 0 Å². The van der Waals surface area contributed by atoms with Crippen LogP contribution in [0.2, 0.25) is 0 Å². The SMILES string of the molecule is Cc1ccc(N2CCC(NCC(c3ccco3)N(C)C)CC2)cc1. The standard InChI is InChI=1S/C20H29N3O/c1-16-6-8-18(9-7-16)23-12-10-17(11-13-23)21-15-19(22(2)3)20-5-4-14-24-20/h4-9,14,17,19,21H,10-13,15H2,1-3H3. The molecule has 1 unspecified atom stereocenters. The molecule has 0 aliphatic carbocycles. The van der Waals surface area contributed by atoms with Gasteiger partial charge in [0.2, 0.25) is 0 Å². The monoisotopic (exact) mass is 327 g/mol. The van der Waals surface area contributed by atoms with Crippen molar-refractivity contribution in [2.75, 3.05) is 38.6 Å². The van der Waals surface area contributed by atoms with E-state index in [1.807, 2.05) is 6.07 Å². The van der Waals surface area contributed by atoms with Crippen LogP contribution in [-0.4, -0.2) is 44.7 Å². The zero-order valence-corrected chi connectivity index (χ0v) is 15.0. The lowest BCUT2D eigenvalue weighted by Gasteiger charge is -2.35. The van der Waals surface area contributed by atoms with Crippen LogP contribution in [0.15, 0.2) is 47.1 Å². The smallest absolute Gasteiger partial charge is 0.122 e. The number of anilines is 1. The maximum atomic E-state index is 5.59. The summed E-state index contributed by atoms with van der Waals surface area (Å²) < 4.78 is 5.59. The maximum Gasteiger partial charge on any atom is 0.122 e. The van der Waals surface area contributed by atoms with Crippen molar-refractivity contribution in [3.05, 3.63) is 54.0 Å². The first kappa shape index (κ1) is 17.1. The normalized spacial score (nSPS) is 17.4. The number of furan rings is 1. The Hall–Kier alpha value is -1.78. The van der Waals surface area contributed by atoms with E-state index >= 15 is 0 Å². The second-order valence-electron chi connectivity index (χ2n) is 7.00. The van der Waals surface area contributed by atoms with Crippen molar-refractivity contribution in [3.63, 3.8) is 0 Å². The highest BCUT2D eigenvalue weighted by Crippen LogP contribution is 2.22. The van der Waals surface area contributed by atoms with E-state index in [-0.39, 0.29) is 6.04 Å². The Morgan fingerprint density at radius 1 is 1.17 bits per heavy atom. The van der Waals surface area contributed by atoms with E-state index in [1.165, 1.54) is 24.1 Å². The molecule has 0 radical (unpaired) electrons. The highest BCUT2D eigenvalue weighted by atomic mass is 16.3. The summed E-state index contributed by atoms with van der Waals surface area (Å²) in [6, 6.07) is 13.8. The summed E-state index contributed by atoms with van der Waals surface area (Å²) >= 11 is 0. The molecule has 1 fully saturated rings. The molecule has 0 bridgehead atoms. The quantitative estimate of drug-likeness (QED) is 0.880. The Labute approximate surface area is 145 Å². The summed E-state index contributed by atoms with van der Waals surface area (Å²) in [7, 11) is 4.21. The lowest BCUT2D eigenvalue weighted by Crippen LogP contribution is -2.44. The van der Waals surface area contributed by atoms with Gasteiger partial charge in [-0.3, -0.25) is 4.90 Å². The summed E-state index contributed by atoms with van der Waals surface area (Å²) in [5, 5.41) is 3.74. The molecular weight excluding hydrogens is 298 g/mol. The zero-order valence-electron chi connectivity index (χ0n) is 15.0. The number of hydrogen-bond acceptors (Lipinski definition) is 4. The minimum atomic E-state index is 0.287. The third-order valence-corrected chi connectivity index (χ3v) is 4.99. The summed E-state index contributed by atoms with van der Waals surface area (Å²) in [4.78, 5) is 4.71. The van der Waals surface area contributed by atoms with Crippen LogP contribution in [0.25, 0.3) is 0 Å². The number of rotatable bonds is 6. The molecular formula is C20H29N3O. The molecule has 1 aromatic carbocycles. The largest absolute Gasteiger partial charge is 0.468 e. The fraction of sp³-hybridized carbons (Fsp3) is 0.500. The lowest BCUT2D eigenvalue weighted by atomic mass is 10.0. The molecule has 3 rings (SSSR count). The molecule has 0 saturated carbocycles. The Kier molecular flexibility index (Phi) is 5.59. The van der Waals surface area contributed by atoms with Crippen molar-refractivity contribution in [2.24, 2.45) is 0 Å². The van der Waals surface area contributed by atoms with E-state index in [1.54, 1.807) is 6.26 Å². The van der Waals surface area contributed by atoms with E-state index in [0.29, 0.717) is 6.04 Å². The van der Waals surface area contributed by atoms with Crippen LogP contribution < -0.4 is 10.2 Å². The van der Waals surface area contributed by atoms with Gasteiger partial charge in [0.15, 0.2) is 0 Å². The molecule has 2 heterocycles. The van der Waals surface area contributed by atoms with E-state index < -0.39 is 0 Å². The number of nitrogens with zero attached hydrogens (tertiary/aromatic N) is 2. The Morgan fingerprint density at radius 3 is 2.46 bits per heavy atom. The van der Waals surface area contributed by atoms with E-state index in [9.17, 15) is 0 Å². The van der Waals surface area contributed by atoms with Crippen molar-refractivity contribution in [2.45, 2.75) is 31.8 Å². The van der Waals surface area contributed by atoms with E-state index in [2.05, 4.69) is 66.5 Å². The Balaban J connectivity index is 1.49. The van der Waals surface area contributed by atoms with Gasteiger partial charge >= 0.3 is 0 Å². The van der Waals surface area contributed by atoms with Gasteiger partial charge in [0.05, 0.1) is 12.3 Å². The van der Waals surface area contributed by atoms with E-state index in [0.717, 1.165) is 25.4 Å². The molecule has 1 N–H and O–H groups in total. The molecule has 24 heavy (non-hydrogen) atoms. The number of aryl methyl sites for hydroxylation is 1.